The molecular formula is C24H30ClN3O3. The maximum Gasteiger partial charge on any atom is 0.258 e. The van der Waals surface area contributed by atoms with E-state index in [4.69, 9.17) is 11.6 Å². The van der Waals surface area contributed by atoms with E-state index in [0.29, 0.717) is 6.54 Å². The van der Waals surface area contributed by atoms with E-state index < -0.39 is 0 Å². The number of phenolic OH excluding ortho intramolecular Hbond substituents is 2. The van der Waals surface area contributed by atoms with Gasteiger partial charge in [-0.1, -0.05) is 35.9 Å². The summed E-state index contributed by atoms with van der Waals surface area (Å²) in [6.45, 7) is 4.68. The molecule has 1 atom stereocenters. The van der Waals surface area contributed by atoms with Gasteiger partial charge in [0.05, 0.1) is 16.6 Å². The number of carbonyl (C=O) groups excluding carboxylic acids is 1. The topological polar surface area (TPSA) is 84.8 Å². The lowest BCUT2D eigenvalue weighted by Gasteiger charge is -2.26. The van der Waals surface area contributed by atoms with Gasteiger partial charge < -0.3 is 25.7 Å². The quantitative estimate of drug-likeness (QED) is 0.545. The van der Waals surface area contributed by atoms with Crippen LogP contribution in [-0.4, -0.2) is 47.2 Å². The summed E-state index contributed by atoms with van der Waals surface area (Å²) < 4.78 is 0. The van der Waals surface area contributed by atoms with Crippen molar-refractivity contribution in [2.24, 2.45) is 5.92 Å². The number of phenols is 2. The Morgan fingerprint density at radius 1 is 1.13 bits per heavy atom. The lowest BCUT2D eigenvalue weighted by atomic mass is 9.98. The first-order valence-corrected chi connectivity index (χ1v) is 11.4. The number of piperidine rings is 1. The van der Waals surface area contributed by atoms with Gasteiger partial charge in [0.25, 0.3) is 5.91 Å². The van der Waals surface area contributed by atoms with Crippen LogP contribution in [0.2, 0.25) is 5.02 Å². The van der Waals surface area contributed by atoms with Gasteiger partial charge in [0.1, 0.15) is 11.5 Å². The average Bonchev–Trinajstić information content (AvgIpc) is 3.27. The van der Waals surface area contributed by atoms with Crippen LogP contribution in [0, 0.1) is 5.92 Å². The summed E-state index contributed by atoms with van der Waals surface area (Å²) >= 11 is 5.97. The average molecular weight is 444 g/mol. The van der Waals surface area contributed by atoms with Crippen molar-refractivity contribution in [3.05, 3.63) is 58.1 Å². The summed E-state index contributed by atoms with van der Waals surface area (Å²) in [7, 11) is 0. The van der Waals surface area contributed by atoms with Crippen LogP contribution in [0.1, 0.15) is 53.2 Å². The van der Waals surface area contributed by atoms with Crippen LogP contribution >= 0.6 is 11.6 Å². The van der Waals surface area contributed by atoms with Gasteiger partial charge in [-0.2, -0.15) is 0 Å². The zero-order valence-electron chi connectivity index (χ0n) is 17.6. The third kappa shape index (κ3) is 5.14. The molecule has 2 heterocycles. The molecule has 2 aliphatic heterocycles. The normalized spacial score (nSPS) is 19.6. The summed E-state index contributed by atoms with van der Waals surface area (Å²) in [4.78, 5) is 15.0. The van der Waals surface area contributed by atoms with Crippen LogP contribution in [0.4, 0.5) is 0 Å². The highest BCUT2D eigenvalue weighted by Crippen LogP contribution is 2.37. The van der Waals surface area contributed by atoms with E-state index in [0.717, 1.165) is 56.6 Å². The predicted octanol–water partition coefficient (Wildman–Crippen LogP) is 3.82. The van der Waals surface area contributed by atoms with Crippen molar-refractivity contribution >= 4 is 17.5 Å². The van der Waals surface area contributed by atoms with Crippen molar-refractivity contribution < 1.29 is 15.0 Å². The van der Waals surface area contributed by atoms with Gasteiger partial charge >= 0.3 is 0 Å². The molecule has 4 rings (SSSR count). The minimum atomic E-state index is -0.267. The molecule has 2 aliphatic rings. The monoisotopic (exact) mass is 443 g/mol. The minimum Gasteiger partial charge on any atom is -0.507 e. The molecule has 0 saturated carbocycles. The molecule has 1 unspecified atom stereocenters. The van der Waals surface area contributed by atoms with Crippen molar-refractivity contribution in [2.45, 2.75) is 38.3 Å². The molecule has 2 aromatic carbocycles. The van der Waals surface area contributed by atoms with E-state index in [1.54, 1.807) is 4.90 Å². The molecule has 2 fully saturated rings. The SMILES string of the molecule is O=C(c1cc(Cl)c(O)cc1O)N1CCCC1c1cccc(CNCC2CCNCC2)c1. The Kier molecular flexibility index (Phi) is 7.00. The first kappa shape index (κ1) is 21.9. The van der Waals surface area contributed by atoms with Crippen molar-refractivity contribution in [2.75, 3.05) is 26.2 Å². The molecule has 166 valence electrons. The summed E-state index contributed by atoms with van der Waals surface area (Å²) in [6, 6.07) is 10.8. The molecule has 31 heavy (non-hydrogen) atoms. The van der Waals surface area contributed by atoms with Gasteiger partial charge in [0.2, 0.25) is 0 Å². The molecule has 2 aromatic rings. The number of rotatable bonds is 6. The van der Waals surface area contributed by atoms with Gasteiger partial charge in [-0.05, 0) is 68.4 Å². The van der Waals surface area contributed by atoms with Crippen LogP contribution in [-0.2, 0) is 6.54 Å². The number of halogens is 1. The maximum atomic E-state index is 13.2. The zero-order valence-corrected chi connectivity index (χ0v) is 18.4. The Bertz CT molecular complexity index is 930. The van der Waals surface area contributed by atoms with E-state index >= 15 is 0 Å². The minimum absolute atomic E-state index is 0.0381. The van der Waals surface area contributed by atoms with Gasteiger partial charge in [-0.3, -0.25) is 4.79 Å². The first-order chi connectivity index (χ1) is 15.0. The van der Waals surface area contributed by atoms with E-state index in [2.05, 4.69) is 28.8 Å². The third-order valence-corrected chi connectivity index (χ3v) is 6.67. The highest BCUT2D eigenvalue weighted by Gasteiger charge is 2.32. The fourth-order valence-corrected chi connectivity index (χ4v) is 4.81. The van der Waals surface area contributed by atoms with Crippen molar-refractivity contribution in [3.63, 3.8) is 0 Å². The molecule has 0 bridgehead atoms. The van der Waals surface area contributed by atoms with Gasteiger partial charge in [-0.15, -0.1) is 0 Å². The molecule has 0 aromatic heterocycles. The fraction of sp³-hybridized carbons (Fsp3) is 0.458. The van der Waals surface area contributed by atoms with Crippen molar-refractivity contribution in [3.8, 4) is 11.5 Å². The molecule has 2 saturated heterocycles. The molecular weight excluding hydrogens is 414 g/mol. The number of nitrogens with one attached hydrogen (secondary N) is 2. The van der Waals surface area contributed by atoms with Crippen molar-refractivity contribution in [1.29, 1.82) is 0 Å². The van der Waals surface area contributed by atoms with Crippen LogP contribution in [0.15, 0.2) is 36.4 Å². The first-order valence-electron chi connectivity index (χ1n) is 11.1. The smallest absolute Gasteiger partial charge is 0.258 e. The zero-order chi connectivity index (χ0) is 21.8. The van der Waals surface area contributed by atoms with E-state index in [1.165, 1.54) is 24.5 Å². The van der Waals surface area contributed by atoms with E-state index in [1.807, 2.05) is 6.07 Å². The molecule has 4 N–H and O–H groups in total. The summed E-state index contributed by atoms with van der Waals surface area (Å²) in [5, 5.41) is 26.9. The molecule has 1 amide bonds. The second kappa shape index (κ2) is 9.90. The molecule has 0 aliphatic carbocycles. The number of likely N-dealkylation sites (tertiary alicyclic amines) is 1. The number of benzene rings is 2. The lowest BCUT2D eigenvalue weighted by Crippen LogP contribution is -2.33. The summed E-state index contributed by atoms with van der Waals surface area (Å²) in [6.07, 6.45) is 4.23. The Morgan fingerprint density at radius 3 is 2.74 bits per heavy atom. The second-order valence-electron chi connectivity index (χ2n) is 8.55. The van der Waals surface area contributed by atoms with Crippen LogP contribution < -0.4 is 10.6 Å². The van der Waals surface area contributed by atoms with Crippen LogP contribution in [0.5, 0.6) is 11.5 Å². The van der Waals surface area contributed by atoms with Crippen LogP contribution in [0.25, 0.3) is 0 Å². The summed E-state index contributed by atoms with van der Waals surface area (Å²) in [5.74, 6) is -0.0275. The highest BCUT2D eigenvalue weighted by molar-refractivity contribution is 6.32. The maximum absolute atomic E-state index is 13.2. The molecule has 6 nitrogen and oxygen atoms in total. The third-order valence-electron chi connectivity index (χ3n) is 6.37. The molecule has 0 radical (unpaired) electrons. The second-order valence-corrected chi connectivity index (χ2v) is 8.95. The van der Waals surface area contributed by atoms with Gasteiger partial charge in [-0.25, -0.2) is 0 Å². The number of carbonyl (C=O) groups is 1. The Balaban J connectivity index is 1.44. The predicted molar refractivity (Wildman–Crippen MR) is 122 cm³/mol. The highest BCUT2D eigenvalue weighted by atomic mass is 35.5. The van der Waals surface area contributed by atoms with Gasteiger partial charge in [0, 0.05) is 19.2 Å². The standard InChI is InChI=1S/C24H30ClN3O3/c25-20-12-19(22(29)13-23(20)30)24(31)28-10-2-5-21(28)18-4-1-3-17(11-18)15-27-14-16-6-8-26-9-7-16/h1,3-4,11-13,16,21,26-27,29-30H,2,5-10,14-15H2. The van der Waals surface area contributed by atoms with E-state index in [9.17, 15) is 15.0 Å². The molecule has 0 spiro atoms. The van der Waals surface area contributed by atoms with Crippen molar-refractivity contribution in [1.82, 2.24) is 15.5 Å². The fourth-order valence-electron chi connectivity index (χ4n) is 4.65. The number of nitrogens with zero attached hydrogens (tertiary/aromatic N) is 1. The Morgan fingerprint density at radius 2 is 1.94 bits per heavy atom. The van der Waals surface area contributed by atoms with E-state index in [-0.39, 0.29) is 34.0 Å². The Labute approximate surface area is 188 Å². The number of aromatic hydroxyl groups is 2. The molecule has 7 heteroatoms. The van der Waals surface area contributed by atoms with Crippen LogP contribution in [0.3, 0.4) is 0 Å². The lowest BCUT2D eigenvalue weighted by molar-refractivity contribution is 0.0732. The number of hydrogen-bond donors (Lipinski definition) is 4. The number of hydrogen-bond acceptors (Lipinski definition) is 5. The van der Waals surface area contributed by atoms with Gasteiger partial charge in [0.15, 0.2) is 0 Å². The Hall–Kier alpha value is -2.28. The number of amides is 1. The largest absolute Gasteiger partial charge is 0.507 e. The summed E-state index contributed by atoms with van der Waals surface area (Å²) in [5.41, 5.74) is 2.44.